The molecule has 1 aliphatic rings. The first kappa shape index (κ1) is 6.98. The van der Waals surface area contributed by atoms with Gasteiger partial charge < -0.3 is 5.11 Å². The van der Waals surface area contributed by atoms with E-state index < -0.39 is 73.2 Å². The summed E-state index contributed by atoms with van der Waals surface area (Å²) in [5.41, 5.74) is -0.772. The van der Waals surface area contributed by atoms with E-state index in [1.165, 1.54) is 36.4 Å². The Kier molecular flexibility index (Phi) is 2.35. The average Bonchev–Trinajstić information content (AvgIpc) is 2.86. The van der Waals surface area contributed by atoms with Crippen molar-refractivity contribution < 1.29 is 30.5 Å². The SMILES string of the molecule is [2H]C([2H])([2H])N1[C@@]([2H])(C([2H])([2H])C(=O)c2ccccc2)C([2H])([2H])C([2H])([2H])C([2H])([2H])[C@@]1([2H])C([2H])([2H])[C@@H](O)c1ccccc1. The molecule has 1 saturated heterocycles. The van der Waals surface area contributed by atoms with Crippen LogP contribution < -0.4 is 0 Å². The number of hydrogen-bond donors (Lipinski definition) is 1. The van der Waals surface area contributed by atoms with Crippen molar-refractivity contribution in [3.05, 3.63) is 71.8 Å². The number of Topliss-reactive ketones (excluding diaryl/α,β-unsaturated/α-hetero) is 1. The van der Waals surface area contributed by atoms with Crippen molar-refractivity contribution in [3.63, 3.8) is 0 Å². The van der Waals surface area contributed by atoms with E-state index in [9.17, 15) is 9.90 Å². The van der Waals surface area contributed by atoms with Gasteiger partial charge in [0.15, 0.2) is 5.78 Å². The lowest BCUT2D eigenvalue weighted by Crippen LogP contribution is -2.45. The van der Waals surface area contributed by atoms with E-state index in [-0.39, 0.29) is 5.56 Å². The number of aliphatic hydroxyl groups is 1. The number of ketones is 1. The summed E-state index contributed by atoms with van der Waals surface area (Å²) >= 11 is 0. The lowest BCUT2D eigenvalue weighted by Gasteiger charge is -2.40. The van der Waals surface area contributed by atoms with Crippen LogP contribution in [0.3, 0.4) is 0 Å². The number of piperidine rings is 1. The highest BCUT2D eigenvalue weighted by Crippen LogP contribution is 2.30. The molecule has 3 atom stereocenters. The molecule has 1 N–H and O–H groups in total. The van der Waals surface area contributed by atoms with Crippen LogP contribution in [0.4, 0.5) is 0 Å². The predicted octanol–water partition coefficient (Wildman–Crippen LogP) is 4.24. The molecule has 0 spiro atoms. The van der Waals surface area contributed by atoms with Crippen molar-refractivity contribution >= 4 is 5.78 Å². The molecule has 1 fully saturated rings. The van der Waals surface area contributed by atoms with E-state index in [0.717, 1.165) is 24.3 Å². The zero-order valence-electron chi connectivity index (χ0n) is 28.2. The normalized spacial score (nSPS) is 44.9. The smallest absolute Gasteiger partial charge is 0.164 e. The Morgan fingerprint density at radius 3 is 2.56 bits per heavy atom. The molecule has 1 heterocycles. The molecule has 0 radical (unpaired) electrons. The number of rotatable bonds is 6. The number of aliphatic hydroxyl groups excluding tert-OH is 1. The van der Waals surface area contributed by atoms with Crippen molar-refractivity contribution in [2.45, 2.75) is 50.0 Å². The van der Waals surface area contributed by atoms with Crippen LogP contribution in [0, 0.1) is 0 Å². The van der Waals surface area contributed by atoms with Gasteiger partial charge in [-0.2, -0.15) is 0 Å². The second-order valence-electron chi connectivity index (χ2n) is 5.19. The largest absolute Gasteiger partial charge is 0.388 e. The lowest BCUT2D eigenvalue weighted by atomic mass is 9.88. The molecular formula is C22H27NO2. The fourth-order valence-electron chi connectivity index (χ4n) is 2.18. The fourth-order valence-corrected chi connectivity index (χ4v) is 2.18. The van der Waals surface area contributed by atoms with E-state index in [1.54, 1.807) is 0 Å². The van der Waals surface area contributed by atoms with Crippen molar-refractivity contribution in [3.8, 4) is 0 Å². The first-order valence-corrected chi connectivity index (χ1v) is 7.53. The summed E-state index contributed by atoms with van der Waals surface area (Å²) in [6.07, 6.45) is -23.0. The van der Waals surface area contributed by atoms with Gasteiger partial charge in [-0.15, -0.1) is 0 Å². The fraction of sp³-hybridized carbons (Fsp3) is 0.409. The maximum absolute atomic E-state index is 13.4. The van der Waals surface area contributed by atoms with Gasteiger partial charge in [0.2, 0.25) is 0 Å². The Hall–Kier alpha value is -1.97. The number of likely N-dealkylation sites (tertiary alicyclic amines) is 1. The summed E-state index contributed by atoms with van der Waals surface area (Å²) in [5, 5.41) is 11.0. The van der Waals surface area contributed by atoms with Crippen LogP contribution in [0.15, 0.2) is 60.7 Å². The third kappa shape index (κ3) is 4.56. The maximum atomic E-state index is 13.4. The van der Waals surface area contributed by atoms with Gasteiger partial charge >= 0.3 is 0 Å². The van der Waals surface area contributed by atoms with Crippen LogP contribution in [0.2, 0.25) is 0 Å². The van der Waals surface area contributed by atoms with Crippen LogP contribution in [-0.2, 0) is 0 Å². The zero-order chi connectivity index (χ0) is 31.0. The highest BCUT2D eigenvalue weighted by atomic mass is 16.3. The minimum Gasteiger partial charge on any atom is -0.388 e. The third-order valence-electron chi connectivity index (χ3n) is 3.47. The molecule has 25 heavy (non-hydrogen) atoms. The Balaban J connectivity index is 2.49. The molecule has 3 rings (SSSR count). The molecule has 3 heteroatoms. The number of nitrogens with zero attached hydrogens (tertiary/aromatic N) is 1. The van der Waals surface area contributed by atoms with Gasteiger partial charge in [0.05, 0.1) is 6.10 Å². The highest BCUT2D eigenvalue weighted by Gasteiger charge is 2.30. The number of hydrogen-bond acceptors (Lipinski definition) is 3. The summed E-state index contributed by atoms with van der Waals surface area (Å²) in [6.45, 7) is -4.09. The van der Waals surface area contributed by atoms with Gasteiger partial charge in [0.25, 0.3) is 0 Å². The van der Waals surface area contributed by atoms with E-state index >= 15 is 0 Å². The molecular weight excluding hydrogens is 310 g/mol. The van der Waals surface area contributed by atoms with E-state index in [0.29, 0.717) is 0 Å². The Morgan fingerprint density at radius 2 is 1.88 bits per heavy atom. The minimum absolute atomic E-state index is 0.298. The topological polar surface area (TPSA) is 40.5 Å². The van der Waals surface area contributed by atoms with Crippen LogP contribution in [0.25, 0.3) is 0 Å². The van der Waals surface area contributed by atoms with Crippen molar-refractivity contribution in [1.82, 2.24) is 4.90 Å². The van der Waals surface area contributed by atoms with Gasteiger partial charge in [-0.1, -0.05) is 67.0 Å². The molecule has 132 valence electrons. The van der Waals surface area contributed by atoms with Gasteiger partial charge in [0, 0.05) is 44.5 Å². The predicted molar refractivity (Wildman–Crippen MR) is 101 cm³/mol. The molecule has 3 nitrogen and oxygen atoms in total. The number of carbonyl (C=O) groups is 1. The van der Waals surface area contributed by atoms with Crippen molar-refractivity contribution in [2.24, 2.45) is 0 Å². The molecule has 0 amide bonds. The van der Waals surface area contributed by atoms with Crippen molar-refractivity contribution in [2.75, 3.05) is 6.98 Å². The minimum atomic E-state index is -4.31. The van der Waals surface area contributed by atoms with Gasteiger partial charge in [-0.3, -0.25) is 9.69 Å². The van der Waals surface area contributed by atoms with Gasteiger partial charge in [-0.25, -0.2) is 0 Å². The van der Waals surface area contributed by atoms with Crippen molar-refractivity contribution in [1.29, 1.82) is 0 Å². The monoisotopic (exact) mass is 352 g/mol. The first-order chi connectivity index (χ1) is 17.9. The van der Waals surface area contributed by atoms with E-state index in [4.69, 9.17) is 20.6 Å². The molecule has 0 aromatic heterocycles. The third-order valence-corrected chi connectivity index (χ3v) is 3.47. The quantitative estimate of drug-likeness (QED) is 0.791. The molecule has 2 aromatic carbocycles. The average molecular weight is 353 g/mol. The Labute approximate surface area is 171 Å². The summed E-state index contributed by atoms with van der Waals surface area (Å²) < 4.78 is 128. The summed E-state index contributed by atoms with van der Waals surface area (Å²) in [4.78, 5) is 12.7. The Bertz CT molecular complexity index is 1250. The molecule has 0 saturated carbocycles. The molecule has 0 unspecified atom stereocenters. The second kappa shape index (κ2) is 8.41. The zero-order valence-corrected chi connectivity index (χ0v) is 13.2. The summed E-state index contributed by atoms with van der Waals surface area (Å²) in [6, 6.07) is 4.08. The van der Waals surface area contributed by atoms with Crippen LogP contribution >= 0.6 is 0 Å². The van der Waals surface area contributed by atoms with Crippen LogP contribution in [0.1, 0.15) is 74.5 Å². The summed E-state index contributed by atoms with van der Waals surface area (Å²) in [7, 11) is 0. The maximum Gasteiger partial charge on any atom is 0.164 e. The standard InChI is InChI=1S/C22H27NO2/c1-23-19(15-21(24)17-9-4-2-5-10-17)13-8-14-20(23)16-22(25)18-11-6-3-7-12-18/h2-7,9-12,19-21,24H,8,13-16H2,1H3/t19-,20+,21+/m0/s1/i1D3,8D2,13D2,14D2,15D2,16D2,19D,20D. The number of benzene rings is 2. The van der Waals surface area contributed by atoms with E-state index in [2.05, 4.69) is 0 Å². The molecule has 0 aliphatic carbocycles. The van der Waals surface area contributed by atoms with Gasteiger partial charge in [-0.05, 0) is 31.7 Å². The summed E-state index contributed by atoms with van der Waals surface area (Å²) in [5.74, 6) is -1.69. The van der Waals surface area contributed by atoms with Crippen LogP contribution in [-0.4, -0.2) is 34.8 Å². The van der Waals surface area contributed by atoms with Crippen LogP contribution in [0.5, 0.6) is 0 Å². The lowest BCUT2D eigenvalue weighted by molar-refractivity contribution is 0.0549. The highest BCUT2D eigenvalue weighted by molar-refractivity contribution is 5.96. The first-order valence-electron chi connectivity index (χ1n) is 15.0. The number of carbonyl (C=O) groups excluding carboxylic acids is 1. The molecule has 2 aromatic rings. The molecule has 0 bridgehead atoms. The molecule has 1 aliphatic heterocycles. The second-order valence-corrected chi connectivity index (χ2v) is 5.19. The van der Waals surface area contributed by atoms with E-state index in [1.807, 2.05) is 0 Å². The Morgan fingerprint density at radius 1 is 1.24 bits per heavy atom. The van der Waals surface area contributed by atoms with Gasteiger partial charge in [0.1, 0.15) is 0 Å².